The van der Waals surface area contributed by atoms with Gasteiger partial charge in [0.25, 0.3) is 5.91 Å². The minimum Gasteiger partial charge on any atom is -0.379 e. The van der Waals surface area contributed by atoms with Crippen molar-refractivity contribution in [1.82, 2.24) is 9.62 Å². The molecule has 1 aliphatic rings. The number of carbonyl (C=O) groups is 1. The number of sulfonamides is 1. The van der Waals surface area contributed by atoms with Crippen molar-refractivity contribution in [3.8, 4) is 0 Å². The molecule has 1 unspecified atom stereocenters. The number of amides is 1. The molecule has 0 aliphatic carbocycles. The molecule has 29 heavy (non-hydrogen) atoms. The van der Waals surface area contributed by atoms with Crippen LogP contribution in [0, 0.1) is 5.82 Å². The van der Waals surface area contributed by atoms with E-state index in [-0.39, 0.29) is 36.8 Å². The summed E-state index contributed by atoms with van der Waals surface area (Å²) < 4.78 is 46.3. The molecule has 1 N–H and O–H groups in total. The van der Waals surface area contributed by atoms with Crippen LogP contribution in [0.25, 0.3) is 0 Å². The van der Waals surface area contributed by atoms with Crippen LogP contribution in [0.15, 0.2) is 41.3 Å². The highest BCUT2D eigenvalue weighted by Crippen LogP contribution is 2.27. The summed E-state index contributed by atoms with van der Waals surface area (Å²) in [6.07, 6.45) is 0. The van der Waals surface area contributed by atoms with E-state index in [2.05, 4.69) is 5.32 Å². The van der Waals surface area contributed by atoms with Crippen molar-refractivity contribution < 1.29 is 22.3 Å². The molecule has 3 rings (SSSR count). The minimum atomic E-state index is -3.86. The van der Waals surface area contributed by atoms with E-state index in [9.17, 15) is 17.6 Å². The zero-order chi connectivity index (χ0) is 21.2. The van der Waals surface area contributed by atoms with Gasteiger partial charge in [0, 0.05) is 23.1 Å². The van der Waals surface area contributed by atoms with E-state index in [4.69, 9.17) is 27.9 Å². The smallest absolute Gasteiger partial charge is 0.254 e. The maximum Gasteiger partial charge on any atom is 0.254 e. The van der Waals surface area contributed by atoms with Gasteiger partial charge >= 0.3 is 0 Å². The van der Waals surface area contributed by atoms with E-state index in [0.717, 1.165) is 18.2 Å². The SMILES string of the molecule is CC(NC(=O)c1cc(S(=O)(=O)N2CCOCC2)ccc1F)c1ccc(Cl)cc1Cl. The van der Waals surface area contributed by atoms with Gasteiger partial charge in [-0.2, -0.15) is 4.31 Å². The lowest BCUT2D eigenvalue weighted by Gasteiger charge is -2.26. The summed E-state index contributed by atoms with van der Waals surface area (Å²) in [4.78, 5) is 12.5. The average molecular weight is 461 g/mol. The second-order valence-electron chi connectivity index (χ2n) is 6.52. The highest BCUT2D eigenvalue weighted by atomic mass is 35.5. The third-order valence-electron chi connectivity index (χ3n) is 4.57. The fourth-order valence-corrected chi connectivity index (χ4v) is 4.99. The number of hydrogen-bond donors (Lipinski definition) is 1. The number of hydrogen-bond acceptors (Lipinski definition) is 4. The standard InChI is InChI=1S/C19H19Cl2FN2O4S/c1-12(15-4-2-13(20)10-17(15)21)23-19(25)16-11-14(3-5-18(16)22)29(26,27)24-6-8-28-9-7-24/h2-5,10-12H,6-9H2,1H3,(H,23,25). The van der Waals surface area contributed by atoms with Crippen LogP contribution < -0.4 is 5.32 Å². The van der Waals surface area contributed by atoms with E-state index in [1.807, 2.05) is 0 Å². The first-order chi connectivity index (χ1) is 13.7. The predicted molar refractivity (Wildman–Crippen MR) is 108 cm³/mol. The first-order valence-electron chi connectivity index (χ1n) is 8.83. The zero-order valence-electron chi connectivity index (χ0n) is 15.5. The lowest BCUT2D eigenvalue weighted by Crippen LogP contribution is -2.40. The second kappa shape index (κ2) is 8.97. The molecule has 6 nitrogen and oxygen atoms in total. The van der Waals surface area contributed by atoms with Crippen LogP contribution >= 0.6 is 23.2 Å². The number of nitrogens with one attached hydrogen (secondary N) is 1. The summed E-state index contributed by atoms with van der Waals surface area (Å²) in [6, 6.07) is 7.44. The Morgan fingerprint density at radius 2 is 1.86 bits per heavy atom. The van der Waals surface area contributed by atoms with Gasteiger partial charge in [-0.25, -0.2) is 12.8 Å². The fourth-order valence-electron chi connectivity index (χ4n) is 2.98. The van der Waals surface area contributed by atoms with Crippen molar-refractivity contribution in [2.24, 2.45) is 0 Å². The molecule has 0 saturated carbocycles. The Kier molecular flexibility index (Phi) is 6.80. The molecule has 0 bridgehead atoms. The average Bonchev–Trinajstić information content (AvgIpc) is 2.68. The summed E-state index contributed by atoms with van der Waals surface area (Å²) in [5.41, 5.74) is 0.234. The molecule has 0 spiro atoms. The molecule has 1 atom stereocenters. The Balaban J connectivity index is 1.84. The Bertz CT molecular complexity index is 1030. The maximum absolute atomic E-state index is 14.3. The number of morpholine rings is 1. The Morgan fingerprint density at radius 3 is 2.52 bits per heavy atom. The van der Waals surface area contributed by atoms with E-state index in [0.29, 0.717) is 15.6 Å². The van der Waals surface area contributed by atoms with Gasteiger partial charge in [0.15, 0.2) is 0 Å². The van der Waals surface area contributed by atoms with Gasteiger partial charge in [-0.05, 0) is 42.8 Å². The molecule has 10 heteroatoms. The molecule has 0 aromatic heterocycles. The molecular weight excluding hydrogens is 442 g/mol. The van der Waals surface area contributed by atoms with Crippen molar-refractivity contribution in [2.75, 3.05) is 26.3 Å². The third-order valence-corrected chi connectivity index (χ3v) is 7.02. The number of nitrogens with zero attached hydrogens (tertiary/aromatic N) is 1. The summed E-state index contributed by atoms with van der Waals surface area (Å²) in [5.74, 6) is -1.57. The van der Waals surface area contributed by atoms with Crippen LogP contribution in [0.4, 0.5) is 4.39 Å². The Hall–Kier alpha value is -1.71. The van der Waals surface area contributed by atoms with Crippen LogP contribution in [-0.4, -0.2) is 44.9 Å². The van der Waals surface area contributed by atoms with E-state index in [1.54, 1.807) is 19.1 Å². The van der Waals surface area contributed by atoms with E-state index >= 15 is 0 Å². The summed E-state index contributed by atoms with van der Waals surface area (Å²) in [7, 11) is -3.86. The zero-order valence-corrected chi connectivity index (χ0v) is 17.8. The Labute approximate surface area is 178 Å². The normalized spacial score (nSPS) is 16.4. The number of ether oxygens (including phenoxy) is 1. The van der Waals surface area contributed by atoms with Crippen molar-refractivity contribution in [3.05, 3.63) is 63.4 Å². The van der Waals surface area contributed by atoms with Crippen LogP contribution in [0.5, 0.6) is 0 Å². The van der Waals surface area contributed by atoms with Gasteiger partial charge in [0.2, 0.25) is 10.0 Å². The molecular formula is C19H19Cl2FN2O4S. The number of carbonyl (C=O) groups excluding carboxylic acids is 1. The molecule has 1 heterocycles. The van der Waals surface area contributed by atoms with Crippen molar-refractivity contribution in [3.63, 3.8) is 0 Å². The molecule has 2 aromatic rings. The van der Waals surface area contributed by atoms with Crippen molar-refractivity contribution in [1.29, 1.82) is 0 Å². The van der Waals surface area contributed by atoms with Gasteiger partial charge in [0.05, 0.1) is 29.7 Å². The van der Waals surface area contributed by atoms with Crippen LogP contribution in [0.2, 0.25) is 10.0 Å². The van der Waals surface area contributed by atoms with Gasteiger partial charge in [-0.3, -0.25) is 4.79 Å². The fraction of sp³-hybridized carbons (Fsp3) is 0.316. The molecule has 1 fully saturated rings. The second-order valence-corrected chi connectivity index (χ2v) is 9.30. The number of rotatable bonds is 5. The molecule has 2 aromatic carbocycles. The molecule has 1 amide bonds. The summed E-state index contributed by atoms with van der Waals surface area (Å²) in [5, 5.41) is 3.44. The molecule has 0 radical (unpaired) electrons. The quantitative estimate of drug-likeness (QED) is 0.738. The highest BCUT2D eigenvalue weighted by molar-refractivity contribution is 7.89. The van der Waals surface area contributed by atoms with Gasteiger partial charge in [-0.15, -0.1) is 0 Å². The maximum atomic E-state index is 14.3. The number of halogens is 3. The largest absolute Gasteiger partial charge is 0.379 e. The lowest BCUT2D eigenvalue weighted by atomic mass is 10.1. The first kappa shape index (κ1) is 22.0. The van der Waals surface area contributed by atoms with Crippen LogP contribution in [-0.2, 0) is 14.8 Å². The summed E-state index contributed by atoms with van der Waals surface area (Å²) in [6.45, 7) is 2.65. The van der Waals surface area contributed by atoms with Crippen molar-refractivity contribution >= 4 is 39.1 Å². The third kappa shape index (κ3) is 4.90. The van der Waals surface area contributed by atoms with Gasteiger partial charge in [0.1, 0.15) is 5.82 Å². The molecule has 156 valence electrons. The van der Waals surface area contributed by atoms with E-state index < -0.39 is 27.8 Å². The summed E-state index contributed by atoms with van der Waals surface area (Å²) >= 11 is 12.0. The monoisotopic (exact) mass is 460 g/mol. The Morgan fingerprint density at radius 1 is 1.17 bits per heavy atom. The van der Waals surface area contributed by atoms with Gasteiger partial charge in [-0.1, -0.05) is 29.3 Å². The molecule has 1 aliphatic heterocycles. The van der Waals surface area contributed by atoms with E-state index in [1.165, 1.54) is 10.4 Å². The topological polar surface area (TPSA) is 75.7 Å². The van der Waals surface area contributed by atoms with Crippen molar-refractivity contribution in [2.45, 2.75) is 17.9 Å². The number of benzene rings is 2. The predicted octanol–water partition coefficient (Wildman–Crippen LogP) is 3.64. The minimum absolute atomic E-state index is 0.150. The lowest BCUT2D eigenvalue weighted by molar-refractivity contribution is 0.0730. The van der Waals surface area contributed by atoms with Crippen LogP contribution in [0.3, 0.4) is 0 Å². The first-order valence-corrected chi connectivity index (χ1v) is 11.0. The highest BCUT2D eigenvalue weighted by Gasteiger charge is 2.28. The molecule has 1 saturated heterocycles. The van der Waals surface area contributed by atoms with Crippen LogP contribution in [0.1, 0.15) is 28.9 Å². The van der Waals surface area contributed by atoms with Gasteiger partial charge < -0.3 is 10.1 Å².